The minimum atomic E-state index is -0.255. The lowest BCUT2D eigenvalue weighted by molar-refractivity contribution is -0.142. The van der Waals surface area contributed by atoms with Crippen molar-refractivity contribution in [3.63, 3.8) is 0 Å². The third kappa shape index (κ3) is 3.47. The van der Waals surface area contributed by atoms with Crippen LogP contribution in [0.2, 0.25) is 0 Å². The molecule has 0 aliphatic heterocycles. The summed E-state index contributed by atoms with van der Waals surface area (Å²) in [6.07, 6.45) is 3.44. The van der Waals surface area contributed by atoms with Crippen molar-refractivity contribution >= 4 is 5.97 Å². The molecule has 0 bridgehead atoms. The quantitative estimate of drug-likeness (QED) is 0.657. The Kier molecular flexibility index (Phi) is 5.05. The molecule has 0 spiro atoms. The highest BCUT2D eigenvalue weighted by molar-refractivity contribution is 5.75. The van der Waals surface area contributed by atoms with Gasteiger partial charge in [0.1, 0.15) is 6.04 Å². The van der Waals surface area contributed by atoms with Crippen LogP contribution in [0.25, 0.3) is 0 Å². The minimum absolute atomic E-state index is 0.228. The third-order valence-electron chi connectivity index (χ3n) is 3.29. The van der Waals surface area contributed by atoms with Crippen molar-refractivity contribution < 1.29 is 14.6 Å². The zero-order valence-corrected chi connectivity index (χ0v) is 9.53. The van der Waals surface area contributed by atoms with Gasteiger partial charge in [-0.15, -0.1) is 0 Å². The van der Waals surface area contributed by atoms with Gasteiger partial charge in [-0.25, -0.2) is 0 Å². The topological polar surface area (TPSA) is 58.6 Å². The van der Waals surface area contributed by atoms with E-state index in [4.69, 9.17) is 5.11 Å². The van der Waals surface area contributed by atoms with Gasteiger partial charge in [0.25, 0.3) is 0 Å². The first-order valence-electron chi connectivity index (χ1n) is 5.61. The number of carbonyl (C=O) groups excluding carboxylic acids is 1. The van der Waals surface area contributed by atoms with Crippen LogP contribution >= 0.6 is 0 Å². The lowest BCUT2D eigenvalue weighted by Gasteiger charge is -2.20. The van der Waals surface area contributed by atoms with E-state index in [1.54, 1.807) is 6.92 Å². The van der Waals surface area contributed by atoms with Gasteiger partial charge in [-0.05, 0) is 38.1 Å². The van der Waals surface area contributed by atoms with Gasteiger partial charge in [0.15, 0.2) is 0 Å². The summed E-state index contributed by atoms with van der Waals surface area (Å²) in [5.41, 5.74) is 0. The minimum Gasteiger partial charge on any atom is -0.468 e. The van der Waals surface area contributed by atoms with Gasteiger partial charge >= 0.3 is 5.97 Å². The second-order valence-electron chi connectivity index (χ2n) is 4.29. The van der Waals surface area contributed by atoms with E-state index in [1.165, 1.54) is 13.5 Å². The van der Waals surface area contributed by atoms with Crippen LogP contribution < -0.4 is 5.32 Å². The molecule has 1 fully saturated rings. The normalized spacial score (nSPS) is 27.7. The molecule has 15 heavy (non-hydrogen) atoms. The zero-order valence-electron chi connectivity index (χ0n) is 9.53. The van der Waals surface area contributed by atoms with Crippen LogP contribution in [-0.2, 0) is 9.53 Å². The molecule has 0 aromatic carbocycles. The first kappa shape index (κ1) is 12.5. The van der Waals surface area contributed by atoms with Gasteiger partial charge in [0.05, 0.1) is 7.11 Å². The second-order valence-corrected chi connectivity index (χ2v) is 4.29. The molecule has 4 heteroatoms. The van der Waals surface area contributed by atoms with Crippen molar-refractivity contribution in [3.05, 3.63) is 0 Å². The van der Waals surface area contributed by atoms with Crippen LogP contribution in [0.3, 0.4) is 0 Å². The Balaban J connectivity index is 2.27. The third-order valence-corrected chi connectivity index (χ3v) is 3.29. The zero-order chi connectivity index (χ0) is 11.3. The molecule has 0 heterocycles. The van der Waals surface area contributed by atoms with Gasteiger partial charge < -0.3 is 15.2 Å². The lowest BCUT2D eigenvalue weighted by atomic mass is 9.97. The van der Waals surface area contributed by atoms with E-state index in [1.807, 2.05) is 0 Å². The highest BCUT2D eigenvalue weighted by Crippen LogP contribution is 2.30. The standard InChI is InChI=1S/C11H21NO3/c1-8(11(14)15-2)12-6-9-4-3-5-10(9)7-13/h8-10,12-13H,3-7H2,1-2H3. The molecule has 1 aliphatic carbocycles. The Morgan fingerprint density at radius 3 is 2.80 bits per heavy atom. The molecule has 0 amide bonds. The Bertz CT molecular complexity index is 208. The van der Waals surface area contributed by atoms with Crippen LogP contribution in [-0.4, -0.2) is 37.4 Å². The highest BCUT2D eigenvalue weighted by atomic mass is 16.5. The fraction of sp³-hybridized carbons (Fsp3) is 0.909. The van der Waals surface area contributed by atoms with E-state index in [-0.39, 0.29) is 18.6 Å². The summed E-state index contributed by atoms with van der Waals surface area (Å²) in [6.45, 7) is 2.86. The number of esters is 1. The van der Waals surface area contributed by atoms with Crippen molar-refractivity contribution in [2.24, 2.45) is 11.8 Å². The molecule has 0 radical (unpaired) electrons. The summed E-state index contributed by atoms with van der Waals surface area (Å²) in [7, 11) is 1.40. The van der Waals surface area contributed by atoms with Crippen LogP contribution in [0, 0.1) is 11.8 Å². The van der Waals surface area contributed by atoms with E-state index >= 15 is 0 Å². The predicted molar refractivity (Wildman–Crippen MR) is 57.4 cm³/mol. The second kappa shape index (κ2) is 6.08. The lowest BCUT2D eigenvalue weighted by Crippen LogP contribution is -2.38. The van der Waals surface area contributed by atoms with Crippen molar-refractivity contribution in [2.45, 2.75) is 32.2 Å². The molecule has 88 valence electrons. The molecule has 0 aromatic rings. The highest BCUT2D eigenvalue weighted by Gasteiger charge is 2.27. The Morgan fingerprint density at radius 1 is 1.53 bits per heavy atom. The number of carbonyl (C=O) groups is 1. The van der Waals surface area contributed by atoms with Crippen LogP contribution in [0.15, 0.2) is 0 Å². The molecule has 3 atom stereocenters. The van der Waals surface area contributed by atoms with Gasteiger partial charge in [0.2, 0.25) is 0 Å². The molecule has 2 N–H and O–H groups in total. The first-order chi connectivity index (χ1) is 7.19. The Hall–Kier alpha value is -0.610. The number of aliphatic hydroxyl groups is 1. The predicted octanol–water partition coefficient (Wildman–Crippen LogP) is 0.546. The average molecular weight is 215 g/mol. The molecule has 0 saturated heterocycles. The summed E-state index contributed by atoms with van der Waals surface area (Å²) in [6, 6.07) is -0.255. The van der Waals surface area contributed by atoms with Gasteiger partial charge in [-0.1, -0.05) is 6.42 Å². The number of hydrogen-bond donors (Lipinski definition) is 2. The maximum atomic E-state index is 11.1. The van der Waals surface area contributed by atoms with Crippen LogP contribution in [0.5, 0.6) is 0 Å². The molecular weight excluding hydrogens is 194 g/mol. The summed E-state index contributed by atoms with van der Waals surface area (Å²) < 4.78 is 4.63. The number of ether oxygens (including phenoxy) is 1. The number of hydrogen-bond acceptors (Lipinski definition) is 4. The fourth-order valence-corrected chi connectivity index (χ4v) is 2.21. The number of nitrogens with one attached hydrogen (secondary N) is 1. The van der Waals surface area contributed by atoms with Gasteiger partial charge in [-0.2, -0.15) is 0 Å². The molecular formula is C11H21NO3. The summed E-state index contributed by atoms with van der Waals surface area (Å²) >= 11 is 0. The average Bonchev–Trinajstić information content (AvgIpc) is 2.71. The first-order valence-corrected chi connectivity index (χ1v) is 5.61. The van der Waals surface area contributed by atoms with E-state index < -0.39 is 0 Å². The Labute approximate surface area is 91.0 Å². The van der Waals surface area contributed by atoms with E-state index in [0.29, 0.717) is 11.8 Å². The number of aliphatic hydroxyl groups excluding tert-OH is 1. The van der Waals surface area contributed by atoms with Gasteiger partial charge in [-0.3, -0.25) is 4.79 Å². The molecule has 3 unspecified atom stereocenters. The summed E-state index contributed by atoms with van der Waals surface area (Å²) in [4.78, 5) is 11.1. The Morgan fingerprint density at radius 2 is 2.20 bits per heavy atom. The van der Waals surface area contributed by atoms with Crippen molar-refractivity contribution in [3.8, 4) is 0 Å². The SMILES string of the molecule is COC(=O)C(C)NCC1CCCC1CO. The molecule has 1 aliphatic rings. The van der Waals surface area contributed by atoms with Crippen molar-refractivity contribution in [1.29, 1.82) is 0 Å². The molecule has 1 rings (SSSR count). The van der Waals surface area contributed by atoms with Gasteiger partial charge in [0, 0.05) is 6.61 Å². The smallest absolute Gasteiger partial charge is 0.322 e. The summed E-state index contributed by atoms with van der Waals surface area (Å²) in [5.74, 6) is 0.679. The maximum absolute atomic E-state index is 11.1. The fourth-order valence-electron chi connectivity index (χ4n) is 2.21. The van der Waals surface area contributed by atoms with Crippen LogP contribution in [0.4, 0.5) is 0 Å². The monoisotopic (exact) mass is 215 g/mol. The molecule has 4 nitrogen and oxygen atoms in total. The maximum Gasteiger partial charge on any atom is 0.322 e. The van der Waals surface area contributed by atoms with E-state index in [9.17, 15) is 4.79 Å². The largest absolute Gasteiger partial charge is 0.468 e. The van der Waals surface area contributed by atoms with Crippen molar-refractivity contribution in [2.75, 3.05) is 20.3 Å². The van der Waals surface area contributed by atoms with Crippen LogP contribution in [0.1, 0.15) is 26.2 Å². The molecule has 1 saturated carbocycles. The number of methoxy groups -OCH3 is 1. The van der Waals surface area contributed by atoms with E-state index in [2.05, 4.69) is 10.1 Å². The van der Waals surface area contributed by atoms with E-state index in [0.717, 1.165) is 19.4 Å². The summed E-state index contributed by atoms with van der Waals surface area (Å²) in [5, 5.41) is 12.3. The van der Waals surface area contributed by atoms with Crippen molar-refractivity contribution in [1.82, 2.24) is 5.32 Å². The number of rotatable bonds is 5. The molecule has 0 aromatic heterocycles.